The van der Waals surface area contributed by atoms with E-state index in [1.54, 1.807) is 6.21 Å². The summed E-state index contributed by atoms with van der Waals surface area (Å²) in [7, 11) is 0. The van der Waals surface area contributed by atoms with E-state index in [1.807, 2.05) is 54.9 Å². The molecule has 0 radical (unpaired) electrons. The minimum atomic E-state index is -0.229. The average Bonchev–Trinajstić information content (AvgIpc) is 2.99. The average molecular weight is 374 g/mol. The molecule has 0 bridgehead atoms. The number of hydrazone groups is 1. The normalized spacial score (nSPS) is 11.3. The fourth-order valence-corrected chi connectivity index (χ4v) is 2.97. The number of amides is 1. The van der Waals surface area contributed by atoms with Crippen molar-refractivity contribution in [3.8, 4) is 0 Å². The molecule has 0 atom stereocenters. The van der Waals surface area contributed by atoms with Gasteiger partial charge in [-0.1, -0.05) is 50.2 Å². The minimum Gasteiger partial charge on any atom is -0.267 e. The van der Waals surface area contributed by atoms with Crippen molar-refractivity contribution in [3.05, 3.63) is 88.2 Å². The number of benzene rings is 2. The Morgan fingerprint density at radius 3 is 2.36 bits per heavy atom. The Morgan fingerprint density at radius 1 is 1.11 bits per heavy atom. The van der Waals surface area contributed by atoms with Crippen molar-refractivity contribution < 1.29 is 4.79 Å². The number of carbonyl (C=O) groups excluding carboxylic acids is 1. The number of hydrogen-bond acceptors (Lipinski definition) is 3. The van der Waals surface area contributed by atoms with Crippen LogP contribution in [0.3, 0.4) is 0 Å². The third-order valence-electron chi connectivity index (χ3n) is 4.63. The van der Waals surface area contributed by atoms with Crippen molar-refractivity contribution in [2.45, 2.75) is 40.2 Å². The summed E-state index contributed by atoms with van der Waals surface area (Å²) < 4.78 is 1.96. The van der Waals surface area contributed by atoms with Gasteiger partial charge in [-0.05, 0) is 54.7 Å². The van der Waals surface area contributed by atoms with Crippen molar-refractivity contribution in [2.24, 2.45) is 5.10 Å². The highest BCUT2D eigenvalue weighted by Gasteiger charge is 2.06. The Bertz CT molecular complexity index is 967. The van der Waals surface area contributed by atoms with Crippen LogP contribution in [0.2, 0.25) is 0 Å². The van der Waals surface area contributed by atoms with Gasteiger partial charge >= 0.3 is 0 Å². The Balaban J connectivity index is 1.57. The van der Waals surface area contributed by atoms with Gasteiger partial charge < -0.3 is 0 Å². The summed E-state index contributed by atoms with van der Waals surface area (Å²) in [6.07, 6.45) is 1.65. The maximum atomic E-state index is 12.3. The lowest BCUT2D eigenvalue weighted by Crippen LogP contribution is -2.17. The molecule has 28 heavy (non-hydrogen) atoms. The first-order valence-electron chi connectivity index (χ1n) is 9.46. The summed E-state index contributed by atoms with van der Waals surface area (Å²) in [6.45, 7) is 9.02. The molecule has 3 aromatic rings. The first kappa shape index (κ1) is 19.5. The third-order valence-corrected chi connectivity index (χ3v) is 4.63. The number of carbonyl (C=O) groups is 1. The smallest absolute Gasteiger partial charge is 0.267 e. The molecule has 5 heteroatoms. The van der Waals surface area contributed by atoms with Crippen LogP contribution in [0.4, 0.5) is 0 Å². The van der Waals surface area contributed by atoms with E-state index in [2.05, 4.69) is 47.7 Å². The Kier molecular flexibility index (Phi) is 6.04. The highest BCUT2D eigenvalue weighted by Crippen LogP contribution is 2.14. The number of hydrogen-bond donors (Lipinski definition) is 1. The predicted octanol–water partition coefficient (Wildman–Crippen LogP) is 4.44. The summed E-state index contributed by atoms with van der Waals surface area (Å²) in [5.41, 5.74) is 8.60. The molecular formula is C23H26N4O. The Morgan fingerprint density at radius 2 is 1.79 bits per heavy atom. The monoisotopic (exact) mass is 374 g/mol. The zero-order valence-corrected chi connectivity index (χ0v) is 16.8. The van der Waals surface area contributed by atoms with Crippen molar-refractivity contribution in [2.75, 3.05) is 0 Å². The number of nitrogens with zero attached hydrogens (tertiary/aromatic N) is 3. The molecule has 0 aliphatic carbocycles. The van der Waals surface area contributed by atoms with Crippen LogP contribution in [0.25, 0.3) is 0 Å². The minimum absolute atomic E-state index is 0.229. The SMILES string of the molecule is Cc1cc(C)n(Cc2ccc(C(=O)NN=Cc3ccc(C(C)C)cc3)cc2)n1. The van der Waals surface area contributed by atoms with Crippen LogP contribution in [0.1, 0.15) is 58.2 Å². The molecule has 0 fully saturated rings. The zero-order valence-electron chi connectivity index (χ0n) is 16.8. The summed E-state index contributed by atoms with van der Waals surface area (Å²) in [4.78, 5) is 12.3. The molecular weight excluding hydrogens is 348 g/mol. The van der Waals surface area contributed by atoms with Gasteiger partial charge in [0.15, 0.2) is 0 Å². The molecule has 0 aliphatic rings. The fourth-order valence-electron chi connectivity index (χ4n) is 2.97. The highest BCUT2D eigenvalue weighted by molar-refractivity contribution is 5.94. The summed E-state index contributed by atoms with van der Waals surface area (Å²) in [6, 6.07) is 17.7. The number of nitrogens with one attached hydrogen (secondary N) is 1. The van der Waals surface area contributed by atoms with Crippen molar-refractivity contribution in [3.63, 3.8) is 0 Å². The number of rotatable bonds is 6. The largest absolute Gasteiger partial charge is 0.271 e. The molecule has 2 aromatic carbocycles. The van der Waals surface area contributed by atoms with E-state index in [0.29, 0.717) is 18.0 Å². The van der Waals surface area contributed by atoms with Gasteiger partial charge in [0.25, 0.3) is 5.91 Å². The van der Waals surface area contributed by atoms with E-state index in [0.717, 1.165) is 22.5 Å². The van der Waals surface area contributed by atoms with E-state index < -0.39 is 0 Å². The molecule has 0 unspecified atom stereocenters. The van der Waals surface area contributed by atoms with Crippen LogP contribution in [-0.2, 0) is 6.54 Å². The first-order valence-corrected chi connectivity index (χ1v) is 9.46. The van der Waals surface area contributed by atoms with Gasteiger partial charge in [0.1, 0.15) is 0 Å². The second-order valence-electron chi connectivity index (χ2n) is 7.30. The summed E-state index contributed by atoms with van der Waals surface area (Å²) >= 11 is 0. The van der Waals surface area contributed by atoms with Crippen LogP contribution in [-0.4, -0.2) is 21.9 Å². The maximum absolute atomic E-state index is 12.3. The second kappa shape index (κ2) is 8.65. The molecule has 0 aliphatic heterocycles. The zero-order chi connectivity index (χ0) is 20.1. The predicted molar refractivity (Wildman–Crippen MR) is 113 cm³/mol. The van der Waals surface area contributed by atoms with E-state index in [1.165, 1.54) is 5.56 Å². The van der Waals surface area contributed by atoms with Crippen LogP contribution in [0.5, 0.6) is 0 Å². The number of aryl methyl sites for hydroxylation is 2. The van der Waals surface area contributed by atoms with Crippen LogP contribution >= 0.6 is 0 Å². The standard InChI is InChI=1S/C23H26N4O/c1-16(2)21-9-5-19(6-10-21)14-24-25-23(28)22-11-7-20(8-12-22)15-27-18(4)13-17(3)26-27/h5-14,16H,15H2,1-4H3,(H,25,28). The van der Waals surface area contributed by atoms with Gasteiger partial charge in [-0.3, -0.25) is 9.48 Å². The van der Waals surface area contributed by atoms with E-state index in [9.17, 15) is 4.79 Å². The molecule has 3 rings (SSSR count). The summed E-state index contributed by atoms with van der Waals surface area (Å²) in [5.74, 6) is 0.266. The van der Waals surface area contributed by atoms with E-state index in [4.69, 9.17) is 0 Å². The molecule has 1 N–H and O–H groups in total. The van der Waals surface area contributed by atoms with Crippen LogP contribution in [0, 0.1) is 13.8 Å². The van der Waals surface area contributed by atoms with E-state index >= 15 is 0 Å². The molecule has 0 saturated heterocycles. The maximum Gasteiger partial charge on any atom is 0.271 e. The Labute approximate surface area is 166 Å². The lowest BCUT2D eigenvalue weighted by atomic mass is 10.0. The fraction of sp³-hybridized carbons (Fsp3) is 0.261. The quantitative estimate of drug-likeness (QED) is 0.512. The lowest BCUT2D eigenvalue weighted by molar-refractivity contribution is 0.0955. The van der Waals surface area contributed by atoms with Crippen molar-refractivity contribution >= 4 is 12.1 Å². The van der Waals surface area contributed by atoms with E-state index in [-0.39, 0.29) is 5.91 Å². The van der Waals surface area contributed by atoms with Crippen LogP contribution in [0.15, 0.2) is 59.7 Å². The van der Waals surface area contributed by atoms with Gasteiger partial charge in [0, 0.05) is 11.3 Å². The van der Waals surface area contributed by atoms with Gasteiger partial charge in [-0.2, -0.15) is 10.2 Å². The van der Waals surface area contributed by atoms with Gasteiger partial charge in [-0.25, -0.2) is 5.43 Å². The topological polar surface area (TPSA) is 59.3 Å². The van der Waals surface area contributed by atoms with Gasteiger partial charge in [-0.15, -0.1) is 0 Å². The Hall–Kier alpha value is -3.21. The third kappa shape index (κ3) is 4.94. The lowest BCUT2D eigenvalue weighted by Gasteiger charge is -2.06. The second-order valence-corrected chi connectivity index (χ2v) is 7.30. The highest BCUT2D eigenvalue weighted by atomic mass is 16.2. The van der Waals surface area contributed by atoms with Gasteiger partial charge in [0.05, 0.1) is 18.5 Å². The molecule has 1 heterocycles. The first-order chi connectivity index (χ1) is 13.4. The van der Waals surface area contributed by atoms with Crippen LogP contribution < -0.4 is 5.43 Å². The van der Waals surface area contributed by atoms with Crippen molar-refractivity contribution in [1.29, 1.82) is 0 Å². The number of aromatic nitrogens is 2. The molecule has 0 spiro atoms. The molecule has 1 amide bonds. The van der Waals surface area contributed by atoms with Gasteiger partial charge in [0.2, 0.25) is 0 Å². The summed E-state index contributed by atoms with van der Waals surface area (Å²) in [5, 5.41) is 8.52. The molecule has 144 valence electrons. The molecule has 0 saturated carbocycles. The molecule has 1 aromatic heterocycles. The van der Waals surface area contributed by atoms with Crippen molar-refractivity contribution in [1.82, 2.24) is 15.2 Å². The molecule has 5 nitrogen and oxygen atoms in total.